The fraction of sp³-hybridized carbons (Fsp3) is 0.154. The van der Waals surface area contributed by atoms with E-state index in [1.54, 1.807) is 26.1 Å². The van der Waals surface area contributed by atoms with E-state index >= 15 is 0 Å². The molecule has 0 atom stereocenters. The summed E-state index contributed by atoms with van der Waals surface area (Å²) in [7, 11) is 0. The predicted molar refractivity (Wildman–Crippen MR) is 72.5 cm³/mol. The average Bonchev–Trinajstić information content (AvgIpc) is 2.40. The number of aromatic nitrogens is 1. The first-order valence-electron chi connectivity index (χ1n) is 5.76. The number of aryl methyl sites for hydroxylation is 2. The highest BCUT2D eigenvalue weighted by atomic mass is 16.6. The standard InChI is InChI=1S/C13H11N3O4/c1-8-7-14-9(2)5-12(8)11-4-3-10(15(17)18)6-13(11)16(19)20/h3-7H,1-2H3. The first kappa shape index (κ1) is 13.6. The van der Waals surface area contributed by atoms with Crippen molar-refractivity contribution < 1.29 is 9.85 Å². The van der Waals surface area contributed by atoms with Crippen LogP contribution in [0.25, 0.3) is 11.1 Å². The average molecular weight is 273 g/mol. The van der Waals surface area contributed by atoms with Crippen LogP contribution in [0.2, 0.25) is 0 Å². The summed E-state index contributed by atoms with van der Waals surface area (Å²) in [5, 5.41) is 21.9. The van der Waals surface area contributed by atoms with Gasteiger partial charge in [-0.1, -0.05) is 0 Å². The van der Waals surface area contributed by atoms with Gasteiger partial charge in [0.1, 0.15) is 0 Å². The number of benzene rings is 1. The van der Waals surface area contributed by atoms with Gasteiger partial charge in [0.25, 0.3) is 11.4 Å². The van der Waals surface area contributed by atoms with Crippen LogP contribution in [0.5, 0.6) is 0 Å². The Kier molecular flexibility index (Phi) is 3.43. The van der Waals surface area contributed by atoms with E-state index in [0.717, 1.165) is 17.3 Å². The van der Waals surface area contributed by atoms with Crippen LogP contribution in [-0.2, 0) is 0 Å². The Bertz CT molecular complexity index is 713. The number of nitro groups is 2. The molecule has 2 rings (SSSR count). The molecular weight excluding hydrogens is 262 g/mol. The van der Waals surface area contributed by atoms with E-state index in [4.69, 9.17) is 0 Å². The van der Waals surface area contributed by atoms with Crippen LogP contribution in [0.4, 0.5) is 11.4 Å². The molecule has 7 nitrogen and oxygen atoms in total. The first-order chi connectivity index (χ1) is 9.40. The maximum atomic E-state index is 11.1. The first-order valence-corrected chi connectivity index (χ1v) is 5.76. The van der Waals surface area contributed by atoms with E-state index in [1.165, 1.54) is 12.1 Å². The minimum atomic E-state index is -0.651. The molecule has 0 saturated carbocycles. The Morgan fingerprint density at radius 3 is 2.30 bits per heavy atom. The van der Waals surface area contributed by atoms with Gasteiger partial charge in [-0.3, -0.25) is 25.2 Å². The van der Waals surface area contributed by atoms with Crippen molar-refractivity contribution in [3.8, 4) is 11.1 Å². The normalized spacial score (nSPS) is 10.3. The zero-order chi connectivity index (χ0) is 14.9. The molecule has 2 aromatic rings. The lowest BCUT2D eigenvalue weighted by molar-refractivity contribution is -0.393. The fourth-order valence-electron chi connectivity index (χ4n) is 1.93. The number of rotatable bonds is 3. The molecule has 0 aliphatic heterocycles. The van der Waals surface area contributed by atoms with Crippen molar-refractivity contribution in [2.24, 2.45) is 0 Å². The SMILES string of the molecule is Cc1cc(-c2ccc([N+](=O)[O-])cc2[N+](=O)[O-])c(C)cn1. The third-order valence-corrected chi connectivity index (χ3v) is 2.92. The van der Waals surface area contributed by atoms with E-state index in [0.29, 0.717) is 11.1 Å². The summed E-state index contributed by atoms with van der Waals surface area (Å²) in [6.07, 6.45) is 1.62. The maximum Gasteiger partial charge on any atom is 0.284 e. The van der Waals surface area contributed by atoms with Gasteiger partial charge >= 0.3 is 0 Å². The van der Waals surface area contributed by atoms with Crippen molar-refractivity contribution in [3.63, 3.8) is 0 Å². The van der Waals surface area contributed by atoms with E-state index in [9.17, 15) is 20.2 Å². The van der Waals surface area contributed by atoms with Crippen LogP contribution < -0.4 is 0 Å². The molecule has 0 amide bonds. The molecular formula is C13H11N3O4. The second-order valence-corrected chi connectivity index (χ2v) is 4.36. The molecule has 1 aromatic carbocycles. The highest BCUT2D eigenvalue weighted by Crippen LogP contribution is 2.34. The molecule has 0 bridgehead atoms. The Labute approximate surface area is 114 Å². The predicted octanol–water partition coefficient (Wildman–Crippen LogP) is 3.18. The van der Waals surface area contributed by atoms with E-state index in [1.807, 2.05) is 0 Å². The highest BCUT2D eigenvalue weighted by molar-refractivity contribution is 5.77. The summed E-state index contributed by atoms with van der Waals surface area (Å²) in [5.41, 5.74) is 1.91. The van der Waals surface area contributed by atoms with Crippen molar-refractivity contribution in [1.82, 2.24) is 4.98 Å². The molecule has 0 aliphatic rings. The van der Waals surface area contributed by atoms with Crippen molar-refractivity contribution >= 4 is 11.4 Å². The summed E-state index contributed by atoms with van der Waals surface area (Å²) in [5.74, 6) is 0. The Balaban J connectivity index is 2.70. The second kappa shape index (κ2) is 5.04. The quantitative estimate of drug-likeness (QED) is 0.631. The summed E-state index contributed by atoms with van der Waals surface area (Å²) in [6.45, 7) is 3.56. The summed E-state index contributed by atoms with van der Waals surface area (Å²) in [6, 6.07) is 5.36. The van der Waals surface area contributed by atoms with Crippen LogP contribution in [0.15, 0.2) is 30.5 Å². The van der Waals surface area contributed by atoms with Crippen molar-refractivity contribution in [2.45, 2.75) is 13.8 Å². The molecule has 0 N–H and O–H groups in total. The molecule has 0 fully saturated rings. The van der Waals surface area contributed by atoms with Gasteiger partial charge in [0.15, 0.2) is 0 Å². The Morgan fingerprint density at radius 1 is 1.00 bits per heavy atom. The third kappa shape index (κ3) is 2.46. The van der Waals surface area contributed by atoms with Crippen molar-refractivity contribution in [1.29, 1.82) is 0 Å². The summed E-state index contributed by atoms with van der Waals surface area (Å²) < 4.78 is 0. The largest absolute Gasteiger partial charge is 0.284 e. The van der Waals surface area contributed by atoms with Crippen LogP contribution in [-0.4, -0.2) is 14.8 Å². The Morgan fingerprint density at radius 2 is 1.70 bits per heavy atom. The monoisotopic (exact) mass is 273 g/mol. The number of nitrogens with zero attached hydrogens (tertiary/aromatic N) is 3. The lowest BCUT2D eigenvalue weighted by Crippen LogP contribution is -1.97. The molecule has 20 heavy (non-hydrogen) atoms. The van der Waals surface area contributed by atoms with Crippen LogP contribution in [0.1, 0.15) is 11.3 Å². The van der Waals surface area contributed by atoms with Gasteiger partial charge in [-0.15, -0.1) is 0 Å². The van der Waals surface area contributed by atoms with Crippen LogP contribution >= 0.6 is 0 Å². The topological polar surface area (TPSA) is 99.2 Å². The number of pyridine rings is 1. The zero-order valence-electron chi connectivity index (χ0n) is 10.9. The van der Waals surface area contributed by atoms with Gasteiger partial charge in [-0.25, -0.2) is 0 Å². The van der Waals surface area contributed by atoms with Gasteiger partial charge < -0.3 is 0 Å². The molecule has 0 unspecified atom stereocenters. The fourth-order valence-corrected chi connectivity index (χ4v) is 1.93. The van der Waals surface area contributed by atoms with Gasteiger partial charge in [0.2, 0.25) is 0 Å². The van der Waals surface area contributed by atoms with E-state index < -0.39 is 9.85 Å². The van der Waals surface area contributed by atoms with Gasteiger partial charge in [-0.2, -0.15) is 0 Å². The van der Waals surface area contributed by atoms with Crippen LogP contribution in [0.3, 0.4) is 0 Å². The van der Waals surface area contributed by atoms with Crippen molar-refractivity contribution in [2.75, 3.05) is 0 Å². The smallest absolute Gasteiger partial charge is 0.261 e. The summed E-state index contributed by atoms with van der Waals surface area (Å²) in [4.78, 5) is 24.7. The van der Waals surface area contributed by atoms with Gasteiger partial charge in [-0.05, 0) is 37.1 Å². The molecule has 7 heteroatoms. The number of hydrogen-bond acceptors (Lipinski definition) is 5. The molecule has 0 aliphatic carbocycles. The van der Waals surface area contributed by atoms with Crippen LogP contribution in [0, 0.1) is 34.1 Å². The number of non-ortho nitro benzene ring substituents is 1. The molecule has 1 heterocycles. The lowest BCUT2D eigenvalue weighted by atomic mass is 9.99. The van der Waals surface area contributed by atoms with E-state index in [-0.39, 0.29) is 11.4 Å². The molecule has 102 valence electrons. The van der Waals surface area contributed by atoms with Gasteiger partial charge in [0, 0.05) is 18.0 Å². The minimum absolute atomic E-state index is 0.284. The lowest BCUT2D eigenvalue weighted by Gasteiger charge is -2.07. The molecule has 1 aromatic heterocycles. The second-order valence-electron chi connectivity index (χ2n) is 4.36. The molecule has 0 spiro atoms. The highest BCUT2D eigenvalue weighted by Gasteiger charge is 2.21. The third-order valence-electron chi connectivity index (χ3n) is 2.92. The van der Waals surface area contributed by atoms with Gasteiger partial charge in [0.05, 0.1) is 21.5 Å². The van der Waals surface area contributed by atoms with Crippen molar-refractivity contribution in [3.05, 3.63) is 61.9 Å². The number of nitro benzene ring substituents is 2. The maximum absolute atomic E-state index is 11.1. The summed E-state index contributed by atoms with van der Waals surface area (Å²) >= 11 is 0. The number of hydrogen-bond donors (Lipinski definition) is 0. The molecule has 0 radical (unpaired) electrons. The Hall–Kier alpha value is -2.83. The molecule has 0 saturated heterocycles. The minimum Gasteiger partial charge on any atom is -0.261 e. The van der Waals surface area contributed by atoms with E-state index in [2.05, 4.69) is 4.98 Å². The zero-order valence-corrected chi connectivity index (χ0v) is 10.9.